The van der Waals surface area contributed by atoms with Crippen molar-refractivity contribution in [2.45, 2.75) is 0 Å². The summed E-state index contributed by atoms with van der Waals surface area (Å²) in [6.45, 7) is -3.99. The van der Waals surface area contributed by atoms with E-state index in [1.54, 1.807) is 24.3 Å². The van der Waals surface area contributed by atoms with E-state index in [1.165, 1.54) is 0 Å². The van der Waals surface area contributed by atoms with Crippen molar-refractivity contribution in [3.05, 3.63) is 73.0 Å². The van der Waals surface area contributed by atoms with Gasteiger partial charge in [-0.25, -0.2) is 0 Å². The average molecular weight is 584 g/mol. The summed E-state index contributed by atoms with van der Waals surface area (Å²) in [7, 11) is 0. The van der Waals surface area contributed by atoms with Gasteiger partial charge in [-0.15, -0.1) is 0 Å². The Balaban J connectivity index is 2.14. The summed E-state index contributed by atoms with van der Waals surface area (Å²) in [4.78, 5) is 0. The number of nitrogens with zero attached hydrogens (tertiary/aromatic N) is 2. The minimum atomic E-state index is -3.99. The maximum atomic E-state index is 15.1. The van der Waals surface area contributed by atoms with Crippen LogP contribution in [0, 0.1) is 0 Å². The Morgan fingerprint density at radius 1 is 0.958 bits per heavy atom. The number of halogens is 6. The van der Waals surface area contributed by atoms with E-state index in [2.05, 4.69) is 63.7 Å². The topological polar surface area (TPSA) is 7.94 Å². The van der Waals surface area contributed by atoms with Crippen LogP contribution >= 0.6 is 63.7 Å². The third-order valence-corrected chi connectivity index (χ3v) is 6.55. The zero-order valence-electron chi connectivity index (χ0n) is 11.8. The first kappa shape index (κ1) is 16.9. The molecule has 0 aliphatic carbocycles. The quantitative estimate of drug-likeness (QED) is 0.356. The molecule has 2 nitrogen and oxygen atoms in total. The van der Waals surface area contributed by atoms with E-state index in [-0.39, 0.29) is 0 Å². The summed E-state index contributed by atoms with van der Waals surface area (Å²) >= 11 is 13.5. The molecule has 3 heterocycles. The molecule has 0 amide bonds. The van der Waals surface area contributed by atoms with Gasteiger partial charge in [-0.2, -0.15) is 0 Å². The number of hydrogen-bond donors (Lipinski definition) is 0. The maximum Gasteiger partial charge on any atom is 0.738 e. The molecule has 122 valence electrons. The van der Waals surface area contributed by atoms with Crippen molar-refractivity contribution in [3.8, 4) is 0 Å². The van der Waals surface area contributed by atoms with Crippen molar-refractivity contribution in [1.29, 1.82) is 0 Å². The molecule has 0 bridgehead atoms. The molecule has 0 fully saturated rings. The van der Waals surface area contributed by atoms with E-state index in [1.807, 2.05) is 18.2 Å². The molecule has 4 rings (SSSR count). The molecule has 1 aromatic carbocycles. The highest BCUT2D eigenvalue weighted by Crippen LogP contribution is 2.44. The molecule has 0 atom stereocenters. The first-order chi connectivity index (χ1) is 11.3. The highest BCUT2D eigenvalue weighted by Gasteiger charge is 2.54. The van der Waals surface area contributed by atoms with Gasteiger partial charge in [-0.05, 0) is 46.3 Å². The smallest absolute Gasteiger partial charge is 0.389 e. The molecule has 2 aromatic rings. The molecular weight excluding hydrogens is 577 g/mol. The predicted molar refractivity (Wildman–Crippen MR) is 107 cm³/mol. The van der Waals surface area contributed by atoms with Crippen LogP contribution in [0.15, 0.2) is 61.7 Å². The van der Waals surface area contributed by atoms with Gasteiger partial charge >= 0.3 is 6.97 Å². The summed E-state index contributed by atoms with van der Waals surface area (Å²) in [5.74, 6) is 0. The first-order valence-electron chi connectivity index (χ1n) is 6.91. The minimum Gasteiger partial charge on any atom is -0.389 e. The Labute approximate surface area is 170 Å². The summed E-state index contributed by atoms with van der Waals surface area (Å²) in [6.07, 6.45) is 3.37. The predicted octanol–water partition coefficient (Wildman–Crippen LogP) is 6.15. The SMILES string of the molecule is F[B-]1(F)n2c(Br)ccc2C(c2cc(Br)ccc2Br)=C2C=CC(Br)=[N+]21. The van der Waals surface area contributed by atoms with Gasteiger partial charge in [0.05, 0.1) is 10.2 Å². The van der Waals surface area contributed by atoms with E-state index in [4.69, 9.17) is 0 Å². The zero-order valence-corrected chi connectivity index (χ0v) is 18.1. The van der Waals surface area contributed by atoms with Gasteiger partial charge in [-0.3, -0.25) is 0 Å². The van der Waals surface area contributed by atoms with Crippen molar-refractivity contribution in [2.24, 2.45) is 0 Å². The van der Waals surface area contributed by atoms with Gasteiger partial charge in [0.25, 0.3) is 0 Å². The molecule has 0 unspecified atom stereocenters. The average Bonchev–Trinajstić information content (AvgIpc) is 3.08. The number of rotatable bonds is 1. The molecule has 0 radical (unpaired) electrons. The Morgan fingerprint density at radius 2 is 1.71 bits per heavy atom. The minimum absolute atomic E-state index is 0.345. The van der Waals surface area contributed by atoms with Gasteiger partial charge < -0.3 is 17.6 Å². The summed E-state index contributed by atoms with van der Waals surface area (Å²) in [5.41, 5.74) is 2.54. The van der Waals surface area contributed by atoms with Crippen LogP contribution in [-0.2, 0) is 0 Å². The van der Waals surface area contributed by atoms with Crippen LogP contribution in [-0.4, -0.2) is 20.6 Å². The molecule has 2 aliphatic heterocycles. The van der Waals surface area contributed by atoms with Crippen LogP contribution in [0.3, 0.4) is 0 Å². The maximum absolute atomic E-state index is 15.1. The molecular formula is C15H7BBr4F2N2. The van der Waals surface area contributed by atoms with Crippen LogP contribution < -0.4 is 0 Å². The van der Waals surface area contributed by atoms with E-state index >= 15 is 8.63 Å². The highest BCUT2D eigenvalue weighted by atomic mass is 79.9. The third-order valence-electron chi connectivity index (χ3n) is 4.07. The number of benzene rings is 1. The van der Waals surface area contributed by atoms with Crippen molar-refractivity contribution in [1.82, 2.24) is 4.48 Å². The second-order valence-corrected chi connectivity index (χ2v) is 8.81. The standard InChI is InChI=1S/C15H7BBr4F2N2/c17-8-1-2-10(18)9(7-8)15-11-3-5-13(19)23(11)16(21,22)24-12(15)4-6-14(24)20/h1-7H. The van der Waals surface area contributed by atoms with Crippen LogP contribution in [0.2, 0.25) is 0 Å². The fourth-order valence-electron chi connectivity index (χ4n) is 3.10. The van der Waals surface area contributed by atoms with Gasteiger partial charge in [0, 0.05) is 48.3 Å². The lowest BCUT2D eigenvalue weighted by atomic mass is 9.86. The summed E-state index contributed by atoms with van der Waals surface area (Å²) in [5, 5.41) is 0. The second-order valence-electron chi connectivity index (χ2n) is 5.41. The van der Waals surface area contributed by atoms with E-state index < -0.39 is 6.97 Å². The fraction of sp³-hybridized carbons (Fsp3) is 0. The van der Waals surface area contributed by atoms with Gasteiger partial charge in [0.15, 0.2) is 5.70 Å². The van der Waals surface area contributed by atoms with Crippen molar-refractivity contribution >= 4 is 80.9 Å². The van der Waals surface area contributed by atoms with Crippen LogP contribution in [0.4, 0.5) is 8.63 Å². The van der Waals surface area contributed by atoms with Crippen LogP contribution in [0.25, 0.3) is 5.57 Å². The lowest BCUT2D eigenvalue weighted by molar-refractivity contribution is -0.358. The Kier molecular flexibility index (Phi) is 4.06. The molecule has 0 N–H and O–H groups in total. The number of aromatic nitrogens is 1. The van der Waals surface area contributed by atoms with Gasteiger partial charge in [-0.1, -0.05) is 31.9 Å². The summed E-state index contributed by atoms with van der Waals surface area (Å²) in [6, 6.07) is 9.09. The van der Waals surface area contributed by atoms with Crippen molar-refractivity contribution in [2.75, 3.05) is 0 Å². The largest absolute Gasteiger partial charge is 0.738 e. The van der Waals surface area contributed by atoms with Gasteiger partial charge in [0.2, 0.25) is 4.62 Å². The first-order valence-corrected chi connectivity index (χ1v) is 10.1. The molecule has 1 aromatic heterocycles. The van der Waals surface area contributed by atoms with E-state index in [0.29, 0.717) is 20.6 Å². The van der Waals surface area contributed by atoms with Crippen LogP contribution in [0.5, 0.6) is 0 Å². The molecule has 2 aliphatic rings. The lowest BCUT2D eigenvalue weighted by Crippen LogP contribution is -2.50. The van der Waals surface area contributed by atoms with Crippen molar-refractivity contribution in [3.63, 3.8) is 0 Å². The number of hydrogen-bond acceptors (Lipinski definition) is 0. The normalized spacial score (nSPS) is 18.2. The number of allylic oxidation sites excluding steroid dienone is 2. The van der Waals surface area contributed by atoms with Crippen molar-refractivity contribution < 1.29 is 13.1 Å². The van der Waals surface area contributed by atoms with E-state index in [9.17, 15) is 0 Å². The third kappa shape index (κ3) is 2.31. The summed E-state index contributed by atoms with van der Waals surface area (Å²) < 4.78 is 34.8. The Hall–Kier alpha value is -0.505. The lowest BCUT2D eigenvalue weighted by Gasteiger charge is -2.32. The Morgan fingerprint density at radius 3 is 2.46 bits per heavy atom. The number of fused-ring (bicyclic) bond motifs is 2. The van der Waals surface area contributed by atoms with Gasteiger partial charge in [0.1, 0.15) is 0 Å². The van der Waals surface area contributed by atoms with E-state index in [0.717, 1.165) is 29.0 Å². The zero-order chi connectivity index (χ0) is 17.2. The monoisotopic (exact) mass is 580 g/mol. The highest BCUT2D eigenvalue weighted by molar-refractivity contribution is 9.18. The Bertz CT molecular complexity index is 991. The molecule has 9 heteroatoms. The molecule has 24 heavy (non-hydrogen) atoms. The van der Waals surface area contributed by atoms with Crippen LogP contribution in [0.1, 0.15) is 11.3 Å². The molecule has 0 spiro atoms. The fourth-order valence-corrected chi connectivity index (χ4v) is 5.04. The second kappa shape index (κ2) is 5.76. The molecule has 0 saturated heterocycles. The molecule has 0 saturated carbocycles.